The van der Waals surface area contributed by atoms with Crippen molar-refractivity contribution < 1.29 is 14.3 Å². The smallest absolute Gasteiger partial charge is 0.234 e. The summed E-state index contributed by atoms with van der Waals surface area (Å²) in [5.41, 5.74) is 1.23. The number of benzene rings is 1. The van der Waals surface area contributed by atoms with E-state index in [2.05, 4.69) is 16.7 Å². The molecule has 2 rings (SSSR count). The molecule has 1 aliphatic heterocycles. The minimum absolute atomic E-state index is 0.0231. The summed E-state index contributed by atoms with van der Waals surface area (Å²) in [5.74, 6) is 0.933. The number of methoxy groups -OCH3 is 1. The van der Waals surface area contributed by atoms with Gasteiger partial charge >= 0.3 is 0 Å². The van der Waals surface area contributed by atoms with Gasteiger partial charge in [-0.2, -0.15) is 0 Å². The highest BCUT2D eigenvalue weighted by atomic mass is 16.5. The first-order chi connectivity index (χ1) is 9.69. The Bertz CT molecular complexity index is 425. The Morgan fingerprint density at radius 3 is 3.05 bits per heavy atom. The van der Waals surface area contributed by atoms with Gasteiger partial charge in [-0.25, -0.2) is 0 Å². The van der Waals surface area contributed by atoms with Gasteiger partial charge in [0.1, 0.15) is 11.9 Å². The molecular weight excluding hydrogens is 256 g/mol. The molecule has 1 aromatic rings. The Morgan fingerprint density at radius 1 is 1.50 bits per heavy atom. The SMILES string of the molecule is COCC(C)NC(=O)CNCC1Cc2ccccc2O1. The van der Waals surface area contributed by atoms with E-state index in [4.69, 9.17) is 9.47 Å². The monoisotopic (exact) mass is 278 g/mol. The minimum atomic E-state index is -0.0231. The van der Waals surface area contributed by atoms with E-state index in [-0.39, 0.29) is 18.1 Å². The number of fused-ring (bicyclic) bond motifs is 1. The molecular formula is C15H22N2O3. The minimum Gasteiger partial charge on any atom is -0.488 e. The van der Waals surface area contributed by atoms with Crippen molar-refractivity contribution in [3.05, 3.63) is 29.8 Å². The summed E-state index contributed by atoms with van der Waals surface area (Å²) >= 11 is 0. The fourth-order valence-corrected chi connectivity index (χ4v) is 2.33. The quantitative estimate of drug-likeness (QED) is 0.772. The topological polar surface area (TPSA) is 59.6 Å². The van der Waals surface area contributed by atoms with Gasteiger partial charge in [-0.05, 0) is 18.6 Å². The molecule has 5 heteroatoms. The molecule has 1 amide bonds. The fraction of sp³-hybridized carbons (Fsp3) is 0.533. The molecule has 1 aromatic carbocycles. The van der Waals surface area contributed by atoms with Gasteiger partial charge in [0.05, 0.1) is 13.2 Å². The van der Waals surface area contributed by atoms with E-state index in [1.54, 1.807) is 7.11 Å². The van der Waals surface area contributed by atoms with Crippen LogP contribution in [0.15, 0.2) is 24.3 Å². The molecule has 2 unspecified atom stereocenters. The van der Waals surface area contributed by atoms with Crippen LogP contribution in [0, 0.1) is 0 Å². The van der Waals surface area contributed by atoms with Gasteiger partial charge in [0.25, 0.3) is 0 Å². The first-order valence-electron chi connectivity index (χ1n) is 6.92. The zero-order valence-electron chi connectivity index (χ0n) is 12.0. The van der Waals surface area contributed by atoms with Crippen molar-refractivity contribution in [2.24, 2.45) is 0 Å². The molecule has 0 aromatic heterocycles. The molecule has 0 saturated heterocycles. The third-order valence-corrected chi connectivity index (χ3v) is 3.20. The number of amides is 1. The maximum absolute atomic E-state index is 11.7. The predicted octanol–water partition coefficient (Wildman–Crippen LogP) is 0.731. The van der Waals surface area contributed by atoms with E-state index in [0.29, 0.717) is 19.7 Å². The van der Waals surface area contributed by atoms with Gasteiger partial charge in [-0.15, -0.1) is 0 Å². The van der Waals surface area contributed by atoms with Crippen molar-refractivity contribution in [3.63, 3.8) is 0 Å². The zero-order valence-corrected chi connectivity index (χ0v) is 12.0. The van der Waals surface area contributed by atoms with E-state index in [0.717, 1.165) is 12.2 Å². The van der Waals surface area contributed by atoms with Crippen LogP contribution in [-0.2, 0) is 16.0 Å². The van der Waals surface area contributed by atoms with E-state index in [1.807, 2.05) is 25.1 Å². The Kier molecular flexibility index (Phi) is 5.38. The lowest BCUT2D eigenvalue weighted by atomic mass is 10.1. The van der Waals surface area contributed by atoms with Crippen LogP contribution in [0.1, 0.15) is 12.5 Å². The second kappa shape index (κ2) is 7.26. The number of hydrogen-bond donors (Lipinski definition) is 2. The van der Waals surface area contributed by atoms with E-state index >= 15 is 0 Å². The number of rotatable bonds is 7. The normalized spacial score (nSPS) is 18.2. The average molecular weight is 278 g/mol. The molecule has 0 saturated carbocycles. The van der Waals surface area contributed by atoms with Crippen molar-refractivity contribution in [2.75, 3.05) is 26.8 Å². The average Bonchev–Trinajstić information content (AvgIpc) is 2.81. The summed E-state index contributed by atoms with van der Waals surface area (Å²) in [7, 11) is 1.62. The number of hydrogen-bond acceptors (Lipinski definition) is 4. The van der Waals surface area contributed by atoms with Gasteiger partial charge in [0, 0.05) is 26.1 Å². The van der Waals surface area contributed by atoms with Gasteiger partial charge in [-0.3, -0.25) is 4.79 Å². The van der Waals surface area contributed by atoms with Crippen molar-refractivity contribution in [1.29, 1.82) is 0 Å². The summed E-state index contributed by atoms with van der Waals surface area (Å²) in [6.07, 6.45) is 1.00. The van der Waals surface area contributed by atoms with Crippen LogP contribution in [0.2, 0.25) is 0 Å². The Hall–Kier alpha value is -1.59. The standard InChI is InChI=1S/C15H22N2O3/c1-11(10-19-2)17-15(18)9-16-8-13-7-12-5-3-4-6-14(12)20-13/h3-6,11,13,16H,7-10H2,1-2H3,(H,17,18). The molecule has 2 atom stereocenters. The lowest BCUT2D eigenvalue weighted by molar-refractivity contribution is -0.121. The van der Waals surface area contributed by atoms with Gasteiger partial charge in [0.2, 0.25) is 5.91 Å². The molecule has 1 heterocycles. The first-order valence-corrected chi connectivity index (χ1v) is 6.92. The van der Waals surface area contributed by atoms with Gasteiger partial charge in [-0.1, -0.05) is 18.2 Å². The van der Waals surface area contributed by atoms with Crippen molar-refractivity contribution >= 4 is 5.91 Å². The van der Waals surface area contributed by atoms with Crippen LogP contribution < -0.4 is 15.4 Å². The molecule has 5 nitrogen and oxygen atoms in total. The Morgan fingerprint density at radius 2 is 2.30 bits per heavy atom. The molecule has 0 bridgehead atoms. The highest BCUT2D eigenvalue weighted by Gasteiger charge is 2.21. The molecule has 0 aliphatic carbocycles. The number of ether oxygens (including phenoxy) is 2. The van der Waals surface area contributed by atoms with Gasteiger partial charge in [0.15, 0.2) is 0 Å². The Labute approximate surface area is 119 Å². The first kappa shape index (κ1) is 14.8. The van der Waals surface area contributed by atoms with E-state index in [9.17, 15) is 4.79 Å². The number of nitrogens with one attached hydrogen (secondary N) is 2. The molecule has 0 fully saturated rings. The van der Waals surface area contributed by atoms with Crippen LogP contribution in [-0.4, -0.2) is 44.9 Å². The molecule has 0 radical (unpaired) electrons. The Balaban J connectivity index is 1.64. The number of carbonyl (C=O) groups excluding carboxylic acids is 1. The largest absolute Gasteiger partial charge is 0.488 e. The van der Waals surface area contributed by atoms with Crippen molar-refractivity contribution in [3.8, 4) is 5.75 Å². The summed E-state index contributed by atoms with van der Waals surface area (Å²) in [6.45, 7) is 3.40. The highest BCUT2D eigenvalue weighted by Crippen LogP contribution is 2.27. The summed E-state index contributed by atoms with van der Waals surface area (Å²) in [5, 5.41) is 5.99. The van der Waals surface area contributed by atoms with E-state index in [1.165, 1.54) is 5.56 Å². The van der Waals surface area contributed by atoms with Crippen LogP contribution in [0.3, 0.4) is 0 Å². The molecule has 1 aliphatic rings. The zero-order chi connectivity index (χ0) is 14.4. The number of carbonyl (C=O) groups is 1. The van der Waals surface area contributed by atoms with Crippen LogP contribution in [0.4, 0.5) is 0 Å². The lowest BCUT2D eigenvalue weighted by Crippen LogP contribution is -2.43. The maximum Gasteiger partial charge on any atom is 0.234 e. The van der Waals surface area contributed by atoms with Crippen molar-refractivity contribution in [2.45, 2.75) is 25.5 Å². The molecule has 110 valence electrons. The third kappa shape index (κ3) is 4.21. The molecule has 20 heavy (non-hydrogen) atoms. The molecule has 2 N–H and O–H groups in total. The summed E-state index contributed by atoms with van der Waals surface area (Å²) in [6, 6.07) is 8.08. The summed E-state index contributed by atoms with van der Waals surface area (Å²) in [4.78, 5) is 11.7. The fourth-order valence-electron chi connectivity index (χ4n) is 2.33. The highest BCUT2D eigenvalue weighted by molar-refractivity contribution is 5.78. The molecule has 0 spiro atoms. The van der Waals surface area contributed by atoms with Crippen LogP contribution in [0.5, 0.6) is 5.75 Å². The third-order valence-electron chi connectivity index (χ3n) is 3.20. The number of para-hydroxylation sites is 1. The second-order valence-electron chi connectivity index (χ2n) is 5.11. The van der Waals surface area contributed by atoms with Crippen molar-refractivity contribution in [1.82, 2.24) is 10.6 Å². The van der Waals surface area contributed by atoms with E-state index < -0.39 is 0 Å². The summed E-state index contributed by atoms with van der Waals surface area (Å²) < 4.78 is 10.8. The van der Waals surface area contributed by atoms with Crippen LogP contribution in [0.25, 0.3) is 0 Å². The van der Waals surface area contributed by atoms with Crippen LogP contribution >= 0.6 is 0 Å². The predicted molar refractivity (Wildman–Crippen MR) is 76.9 cm³/mol. The van der Waals surface area contributed by atoms with Gasteiger partial charge < -0.3 is 20.1 Å². The lowest BCUT2D eigenvalue weighted by Gasteiger charge is -2.14. The second-order valence-corrected chi connectivity index (χ2v) is 5.11. The maximum atomic E-state index is 11.7.